The third kappa shape index (κ3) is 3.48. The average molecular weight is 442 g/mol. The molecule has 30 heavy (non-hydrogen) atoms. The summed E-state index contributed by atoms with van der Waals surface area (Å²) in [4.78, 5) is 28.8. The smallest absolute Gasteiger partial charge is 0.232 e. The zero-order chi connectivity index (χ0) is 21.8. The highest BCUT2D eigenvalue weighted by Crippen LogP contribution is 2.51. The van der Waals surface area contributed by atoms with Crippen LogP contribution in [0.1, 0.15) is 55.7 Å². The van der Waals surface area contributed by atoms with Gasteiger partial charge in [-0.05, 0) is 54.5 Å². The molecule has 0 bridgehead atoms. The number of hydrogen-bond acceptors (Lipinski definition) is 2. The molecule has 1 heterocycles. The summed E-state index contributed by atoms with van der Waals surface area (Å²) in [6.07, 6.45) is 1.26. The van der Waals surface area contributed by atoms with E-state index in [4.69, 9.17) is 23.2 Å². The van der Waals surface area contributed by atoms with Gasteiger partial charge in [0.05, 0.1) is 5.69 Å². The van der Waals surface area contributed by atoms with E-state index in [0.717, 1.165) is 22.5 Å². The van der Waals surface area contributed by atoms with Crippen LogP contribution in [-0.4, -0.2) is 11.7 Å². The molecule has 156 valence electrons. The van der Waals surface area contributed by atoms with E-state index >= 15 is 0 Å². The zero-order valence-electron chi connectivity index (χ0n) is 17.7. The number of aryl methyl sites for hydroxylation is 2. The van der Waals surface area contributed by atoms with E-state index in [9.17, 15) is 9.59 Å². The lowest BCUT2D eigenvalue weighted by Gasteiger charge is -2.43. The van der Waals surface area contributed by atoms with Crippen molar-refractivity contribution in [1.29, 1.82) is 0 Å². The van der Waals surface area contributed by atoms with E-state index in [-0.39, 0.29) is 23.5 Å². The molecule has 2 aromatic rings. The van der Waals surface area contributed by atoms with Crippen molar-refractivity contribution in [3.05, 3.63) is 74.4 Å². The number of rotatable bonds is 2. The van der Waals surface area contributed by atoms with Crippen molar-refractivity contribution < 1.29 is 9.59 Å². The fraction of sp³-hybridized carbons (Fsp3) is 0.360. The minimum absolute atomic E-state index is 0.0300. The average Bonchev–Trinajstić information content (AvgIpc) is 2.62. The molecule has 0 fully saturated rings. The van der Waals surface area contributed by atoms with Crippen molar-refractivity contribution in [2.24, 2.45) is 5.41 Å². The number of benzene rings is 2. The molecule has 0 radical (unpaired) electrons. The van der Waals surface area contributed by atoms with Gasteiger partial charge in [0, 0.05) is 40.1 Å². The summed E-state index contributed by atoms with van der Waals surface area (Å²) in [5, 5.41) is 0.982. The minimum Gasteiger partial charge on any atom is -0.294 e. The number of ketones is 1. The molecule has 1 amide bonds. The van der Waals surface area contributed by atoms with E-state index in [1.165, 1.54) is 0 Å². The van der Waals surface area contributed by atoms with E-state index in [2.05, 4.69) is 13.8 Å². The Labute approximate surface area is 187 Å². The van der Waals surface area contributed by atoms with Crippen LogP contribution >= 0.6 is 23.2 Å². The van der Waals surface area contributed by atoms with E-state index < -0.39 is 5.92 Å². The van der Waals surface area contributed by atoms with Gasteiger partial charge in [-0.1, -0.05) is 61.3 Å². The molecule has 4 rings (SSSR count). The molecule has 1 aliphatic carbocycles. The van der Waals surface area contributed by atoms with Crippen LogP contribution in [-0.2, 0) is 9.59 Å². The Morgan fingerprint density at radius 1 is 0.933 bits per heavy atom. The molecular formula is C25H25Cl2NO2. The number of nitrogens with zero attached hydrogens (tertiary/aromatic N) is 1. The van der Waals surface area contributed by atoms with Crippen molar-refractivity contribution in [2.45, 2.75) is 52.9 Å². The minimum atomic E-state index is -0.419. The summed E-state index contributed by atoms with van der Waals surface area (Å²) in [5.41, 5.74) is 4.84. The Morgan fingerprint density at radius 3 is 2.10 bits per heavy atom. The summed E-state index contributed by atoms with van der Waals surface area (Å²) >= 11 is 13.0. The third-order valence-electron chi connectivity index (χ3n) is 6.15. The normalized spacial score (nSPS) is 21.1. The van der Waals surface area contributed by atoms with Crippen LogP contribution in [0.5, 0.6) is 0 Å². The molecule has 2 aromatic carbocycles. The second-order valence-electron chi connectivity index (χ2n) is 9.16. The Kier molecular flexibility index (Phi) is 5.32. The molecule has 3 nitrogen and oxygen atoms in total. The summed E-state index contributed by atoms with van der Waals surface area (Å²) < 4.78 is 0. The van der Waals surface area contributed by atoms with Gasteiger partial charge in [-0.2, -0.15) is 0 Å². The van der Waals surface area contributed by atoms with Gasteiger partial charge < -0.3 is 0 Å². The van der Waals surface area contributed by atoms with Crippen molar-refractivity contribution in [3.63, 3.8) is 0 Å². The summed E-state index contributed by atoms with van der Waals surface area (Å²) in [7, 11) is 0. The van der Waals surface area contributed by atoms with Crippen LogP contribution in [0, 0.1) is 19.3 Å². The van der Waals surface area contributed by atoms with Crippen LogP contribution < -0.4 is 4.90 Å². The van der Waals surface area contributed by atoms with Gasteiger partial charge in [0.15, 0.2) is 5.78 Å². The first kappa shape index (κ1) is 21.1. The zero-order valence-corrected chi connectivity index (χ0v) is 19.2. The summed E-state index contributed by atoms with van der Waals surface area (Å²) in [6, 6.07) is 11.3. The lowest BCUT2D eigenvalue weighted by Crippen LogP contribution is -2.44. The summed E-state index contributed by atoms with van der Waals surface area (Å²) in [5.74, 6) is -0.374. The van der Waals surface area contributed by atoms with Gasteiger partial charge >= 0.3 is 0 Å². The molecular weight excluding hydrogens is 417 g/mol. The first-order valence-corrected chi connectivity index (χ1v) is 11.0. The number of allylic oxidation sites excluding steroid dienone is 2. The van der Waals surface area contributed by atoms with Gasteiger partial charge in [-0.15, -0.1) is 0 Å². The number of para-hydroxylation sites is 1. The molecule has 1 aliphatic heterocycles. The maximum Gasteiger partial charge on any atom is 0.232 e. The molecule has 2 aliphatic rings. The molecule has 0 saturated carbocycles. The van der Waals surface area contributed by atoms with Crippen LogP contribution in [0.25, 0.3) is 0 Å². The number of hydrogen-bond donors (Lipinski definition) is 0. The first-order chi connectivity index (χ1) is 14.1. The van der Waals surface area contributed by atoms with Crippen LogP contribution in [0.3, 0.4) is 0 Å². The standard InChI is InChI=1S/C25H25Cl2NO2/c1-14-7-5-8-15(2)24(14)28-19-12-25(3,4)13-20(29)23(19)16(11-21(28)30)22-17(26)9-6-10-18(22)27/h5-10,16H,11-13H2,1-4H3. The van der Waals surface area contributed by atoms with E-state index in [1.54, 1.807) is 23.1 Å². The molecule has 5 heteroatoms. The Balaban J connectivity index is 1.99. The van der Waals surface area contributed by atoms with Crippen molar-refractivity contribution in [2.75, 3.05) is 4.90 Å². The molecule has 0 saturated heterocycles. The maximum absolute atomic E-state index is 13.6. The number of carbonyl (C=O) groups excluding carboxylic acids is 2. The van der Waals surface area contributed by atoms with Gasteiger partial charge in [0.2, 0.25) is 5.91 Å². The second kappa shape index (κ2) is 7.55. The Bertz CT molecular complexity index is 1060. The van der Waals surface area contributed by atoms with Crippen LogP contribution in [0.15, 0.2) is 47.7 Å². The Morgan fingerprint density at radius 2 is 1.50 bits per heavy atom. The first-order valence-electron chi connectivity index (χ1n) is 10.2. The molecule has 0 spiro atoms. The SMILES string of the molecule is Cc1cccc(C)c1N1C(=O)CC(c2c(Cl)cccc2Cl)C2=C1CC(C)(C)CC2=O. The Hall–Kier alpha value is -2.10. The molecule has 1 unspecified atom stereocenters. The lowest BCUT2D eigenvalue weighted by atomic mass is 9.69. The summed E-state index contributed by atoms with van der Waals surface area (Å²) in [6.45, 7) is 8.16. The largest absolute Gasteiger partial charge is 0.294 e. The fourth-order valence-corrected chi connectivity index (χ4v) is 5.58. The highest BCUT2D eigenvalue weighted by molar-refractivity contribution is 6.36. The van der Waals surface area contributed by atoms with Gasteiger partial charge in [0.25, 0.3) is 0 Å². The number of halogens is 2. The molecule has 1 atom stereocenters. The van der Waals surface area contributed by atoms with Gasteiger partial charge in [0.1, 0.15) is 0 Å². The number of carbonyl (C=O) groups is 2. The van der Waals surface area contributed by atoms with Crippen LogP contribution in [0.2, 0.25) is 10.0 Å². The highest BCUT2D eigenvalue weighted by Gasteiger charge is 2.45. The van der Waals surface area contributed by atoms with E-state index in [1.807, 2.05) is 32.0 Å². The molecule has 0 aromatic heterocycles. The highest BCUT2D eigenvalue weighted by atomic mass is 35.5. The predicted octanol–water partition coefficient (Wildman–Crippen LogP) is 6.77. The third-order valence-corrected chi connectivity index (χ3v) is 6.81. The van der Waals surface area contributed by atoms with Gasteiger partial charge in [-0.3, -0.25) is 14.5 Å². The van der Waals surface area contributed by atoms with Crippen molar-refractivity contribution in [1.82, 2.24) is 0 Å². The number of amides is 1. The topological polar surface area (TPSA) is 37.4 Å². The van der Waals surface area contributed by atoms with Crippen molar-refractivity contribution >= 4 is 40.6 Å². The van der Waals surface area contributed by atoms with Gasteiger partial charge in [-0.25, -0.2) is 0 Å². The lowest BCUT2D eigenvalue weighted by molar-refractivity contribution is -0.121. The predicted molar refractivity (Wildman–Crippen MR) is 122 cm³/mol. The van der Waals surface area contributed by atoms with Crippen molar-refractivity contribution in [3.8, 4) is 0 Å². The second-order valence-corrected chi connectivity index (χ2v) is 9.98. The number of Topliss-reactive ketones (excluding diaryl/α,β-unsaturated/α-hetero) is 1. The number of anilines is 1. The molecule has 0 N–H and O–H groups in total. The quantitative estimate of drug-likeness (QED) is 0.515. The monoisotopic (exact) mass is 441 g/mol. The maximum atomic E-state index is 13.6. The van der Waals surface area contributed by atoms with Crippen LogP contribution in [0.4, 0.5) is 5.69 Å². The van der Waals surface area contributed by atoms with E-state index in [0.29, 0.717) is 34.0 Å². The fourth-order valence-electron chi connectivity index (χ4n) is 4.92.